The zero-order chi connectivity index (χ0) is 16.1. The topological polar surface area (TPSA) is 49.9 Å². The Morgan fingerprint density at radius 3 is 2.52 bits per heavy atom. The number of nitrogens with one attached hydrogen (secondary N) is 2. The minimum absolute atomic E-state index is 0.287. The molecule has 2 N–H and O–H groups in total. The molecule has 0 bridgehead atoms. The zero-order valence-corrected chi connectivity index (χ0v) is 13.4. The lowest BCUT2D eigenvalue weighted by atomic mass is 10.1. The lowest BCUT2D eigenvalue weighted by Crippen LogP contribution is -2.18. The quantitative estimate of drug-likeness (QED) is 0.725. The Bertz CT molecular complexity index is 735. The minimum Gasteiger partial charge on any atom is -0.497 e. The zero-order valence-electron chi connectivity index (χ0n) is 13.4. The van der Waals surface area contributed by atoms with Gasteiger partial charge in [-0.05, 0) is 36.8 Å². The van der Waals surface area contributed by atoms with Gasteiger partial charge < -0.3 is 10.1 Å². The van der Waals surface area contributed by atoms with Crippen LogP contribution in [0, 0.1) is 0 Å². The van der Waals surface area contributed by atoms with Crippen molar-refractivity contribution in [3.8, 4) is 17.0 Å². The third kappa shape index (κ3) is 3.60. The first-order valence-electron chi connectivity index (χ1n) is 7.73. The smallest absolute Gasteiger partial charge is 0.118 e. The Kier molecular flexibility index (Phi) is 4.74. The summed E-state index contributed by atoms with van der Waals surface area (Å²) < 4.78 is 5.21. The van der Waals surface area contributed by atoms with Crippen molar-refractivity contribution in [2.75, 3.05) is 7.11 Å². The first kappa shape index (κ1) is 15.3. The van der Waals surface area contributed by atoms with Crippen LogP contribution >= 0.6 is 0 Å². The highest BCUT2D eigenvalue weighted by atomic mass is 16.5. The molecule has 0 radical (unpaired) electrons. The summed E-state index contributed by atoms with van der Waals surface area (Å²) in [6.45, 7) is 2.93. The standard InChI is InChI=1S/C19H21N3O/c1-14(15-6-4-3-5-7-15)20-12-17-13-21-22-19(17)16-8-10-18(23-2)11-9-16/h3-11,13-14,20H,12H2,1-2H3,(H,21,22)/t14-/m1/s1. The molecule has 0 saturated heterocycles. The van der Waals surface area contributed by atoms with Crippen molar-refractivity contribution in [1.82, 2.24) is 15.5 Å². The van der Waals surface area contributed by atoms with E-state index in [0.29, 0.717) is 0 Å². The molecular formula is C19H21N3O. The van der Waals surface area contributed by atoms with Crippen molar-refractivity contribution < 1.29 is 4.74 Å². The van der Waals surface area contributed by atoms with Crippen LogP contribution in [-0.4, -0.2) is 17.3 Å². The van der Waals surface area contributed by atoms with Crippen molar-refractivity contribution in [2.45, 2.75) is 19.5 Å². The summed E-state index contributed by atoms with van der Waals surface area (Å²) in [7, 11) is 1.67. The van der Waals surface area contributed by atoms with E-state index in [0.717, 1.165) is 29.1 Å². The fourth-order valence-electron chi connectivity index (χ4n) is 2.58. The van der Waals surface area contributed by atoms with E-state index in [2.05, 4.69) is 46.7 Å². The normalized spacial score (nSPS) is 12.1. The number of hydrogen-bond donors (Lipinski definition) is 2. The second-order valence-electron chi connectivity index (χ2n) is 5.51. The number of ether oxygens (including phenoxy) is 1. The van der Waals surface area contributed by atoms with E-state index in [1.165, 1.54) is 5.56 Å². The van der Waals surface area contributed by atoms with E-state index in [1.54, 1.807) is 7.11 Å². The second-order valence-corrected chi connectivity index (χ2v) is 5.51. The highest BCUT2D eigenvalue weighted by Gasteiger charge is 2.10. The van der Waals surface area contributed by atoms with Gasteiger partial charge in [0.1, 0.15) is 5.75 Å². The average Bonchev–Trinajstić information content (AvgIpc) is 3.09. The van der Waals surface area contributed by atoms with Gasteiger partial charge in [0.15, 0.2) is 0 Å². The molecule has 0 aliphatic carbocycles. The van der Waals surface area contributed by atoms with Gasteiger partial charge in [0.2, 0.25) is 0 Å². The highest BCUT2D eigenvalue weighted by molar-refractivity contribution is 5.63. The van der Waals surface area contributed by atoms with E-state index in [9.17, 15) is 0 Å². The third-order valence-corrected chi connectivity index (χ3v) is 3.99. The fourth-order valence-corrected chi connectivity index (χ4v) is 2.58. The van der Waals surface area contributed by atoms with Gasteiger partial charge in [0, 0.05) is 23.7 Å². The second kappa shape index (κ2) is 7.11. The van der Waals surface area contributed by atoms with Gasteiger partial charge in [0.25, 0.3) is 0 Å². The molecule has 0 spiro atoms. The molecular weight excluding hydrogens is 286 g/mol. The lowest BCUT2D eigenvalue weighted by Gasteiger charge is -2.14. The van der Waals surface area contributed by atoms with Crippen LogP contribution in [-0.2, 0) is 6.54 Å². The summed E-state index contributed by atoms with van der Waals surface area (Å²) >= 11 is 0. The predicted molar refractivity (Wildman–Crippen MR) is 92.3 cm³/mol. The molecule has 118 valence electrons. The molecule has 23 heavy (non-hydrogen) atoms. The molecule has 0 fully saturated rings. The Labute approximate surface area is 136 Å². The van der Waals surface area contributed by atoms with Crippen LogP contribution in [0.3, 0.4) is 0 Å². The van der Waals surface area contributed by atoms with Crippen LogP contribution in [0.1, 0.15) is 24.1 Å². The van der Waals surface area contributed by atoms with Gasteiger partial charge in [-0.25, -0.2) is 0 Å². The largest absolute Gasteiger partial charge is 0.497 e. The maximum Gasteiger partial charge on any atom is 0.118 e. The highest BCUT2D eigenvalue weighted by Crippen LogP contribution is 2.24. The van der Waals surface area contributed by atoms with Crippen LogP contribution in [0.25, 0.3) is 11.3 Å². The maximum absolute atomic E-state index is 5.21. The number of nitrogens with zero attached hydrogens (tertiary/aromatic N) is 1. The van der Waals surface area contributed by atoms with Crippen molar-refractivity contribution in [3.63, 3.8) is 0 Å². The van der Waals surface area contributed by atoms with Crippen molar-refractivity contribution in [1.29, 1.82) is 0 Å². The molecule has 3 aromatic rings. The minimum atomic E-state index is 0.287. The first-order valence-corrected chi connectivity index (χ1v) is 7.73. The number of methoxy groups -OCH3 is 1. The van der Waals surface area contributed by atoms with Crippen molar-refractivity contribution in [3.05, 3.63) is 71.9 Å². The molecule has 1 atom stereocenters. The van der Waals surface area contributed by atoms with Crippen LogP contribution in [0.4, 0.5) is 0 Å². The van der Waals surface area contributed by atoms with E-state index >= 15 is 0 Å². The Morgan fingerprint density at radius 1 is 1.09 bits per heavy atom. The predicted octanol–water partition coefficient (Wildman–Crippen LogP) is 3.94. The molecule has 2 aromatic carbocycles. The molecule has 1 aromatic heterocycles. The van der Waals surface area contributed by atoms with Crippen LogP contribution in [0.15, 0.2) is 60.8 Å². The molecule has 1 heterocycles. The summed E-state index contributed by atoms with van der Waals surface area (Å²) in [6, 6.07) is 18.7. The van der Waals surface area contributed by atoms with Gasteiger partial charge in [-0.1, -0.05) is 30.3 Å². The molecule has 3 rings (SSSR count). The van der Waals surface area contributed by atoms with Crippen molar-refractivity contribution >= 4 is 0 Å². The third-order valence-electron chi connectivity index (χ3n) is 3.99. The monoisotopic (exact) mass is 307 g/mol. The van der Waals surface area contributed by atoms with Gasteiger partial charge in [-0.3, -0.25) is 5.10 Å². The van der Waals surface area contributed by atoms with Gasteiger partial charge in [0.05, 0.1) is 19.0 Å². The number of benzene rings is 2. The van der Waals surface area contributed by atoms with Gasteiger partial charge in [-0.2, -0.15) is 5.10 Å². The molecule has 0 saturated carbocycles. The number of H-pyrrole nitrogens is 1. The summed E-state index contributed by atoms with van der Waals surface area (Å²) in [5.74, 6) is 0.852. The summed E-state index contributed by atoms with van der Waals surface area (Å²) in [5, 5.41) is 10.8. The molecule has 4 nitrogen and oxygen atoms in total. The number of hydrogen-bond acceptors (Lipinski definition) is 3. The summed E-state index contributed by atoms with van der Waals surface area (Å²) in [4.78, 5) is 0. The average molecular weight is 307 g/mol. The van der Waals surface area contributed by atoms with Gasteiger partial charge in [-0.15, -0.1) is 0 Å². The van der Waals surface area contributed by atoms with Crippen molar-refractivity contribution in [2.24, 2.45) is 0 Å². The fraction of sp³-hybridized carbons (Fsp3) is 0.211. The van der Waals surface area contributed by atoms with E-state index in [1.807, 2.05) is 36.5 Å². The number of aromatic nitrogens is 2. The van der Waals surface area contributed by atoms with E-state index < -0.39 is 0 Å². The van der Waals surface area contributed by atoms with E-state index in [4.69, 9.17) is 4.74 Å². The Morgan fingerprint density at radius 2 is 1.83 bits per heavy atom. The summed E-state index contributed by atoms with van der Waals surface area (Å²) in [5.41, 5.74) is 4.58. The summed E-state index contributed by atoms with van der Waals surface area (Å²) in [6.07, 6.45) is 1.88. The SMILES string of the molecule is COc1ccc(-c2[nH]ncc2CN[C@H](C)c2ccccc2)cc1. The molecule has 0 amide bonds. The molecule has 0 aliphatic rings. The van der Waals surface area contributed by atoms with E-state index in [-0.39, 0.29) is 6.04 Å². The molecule has 0 aliphatic heterocycles. The molecule has 4 heteroatoms. The van der Waals surface area contributed by atoms with Crippen LogP contribution < -0.4 is 10.1 Å². The molecule has 0 unspecified atom stereocenters. The number of aromatic amines is 1. The Balaban J connectivity index is 1.71. The maximum atomic E-state index is 5.21. The Hall–Kier alpha value is -2.59. The first-order chi connectivity index (χ1) is 11.3. The number of rotatable bonds is 6. The van der Waals surface area contributed by atoms with Crippen LogP contribution in [0.5, 0.6) is 5.75 Å². The van der Waals surface area contributed by atoms with Gasteiger partial charge >= 0.3 is 0 Å². The lowest BCUT2D eigenvalue weighted by molar-refractivity contribution is 0.415. The van der Waals surface area contributed by atoms with Crippen LogP contribution in [0.2, 0.25) is 0 Å².